The molecule has 0 saturated carbocycles. The number of halogens is 1. The third-order valence-corrected chi connectivity index (χ3v) is 5.74. The lowest BCUT2D eigenvalue weighted by atomic mass is 10.1. The van der Waals surface area contributed by atoms with Crippen LogP contribution >= 0.6 is 0 Å². The minimum atomic E-state index is -3.31. The SMILES string of the molecule is CNC(=O)Oc1c(-c2ccc(Oc3ccccc3F)cc2)oc2cc(NCS(C)(=O)=O)c(OC)cc12. The van der Waals surface area contributed by atoms with Crippen molar-refractivity contribution in [3.05, 3.63) is 66.5 Å². The zero-order valence-corrected chi connectivity index (χ0v) is 20.4. The van der Waals surface area contributed by atoms with Crippen LogP contribution in [0.3, 0.4) is 0 Å². The summed E-state index contributed by atoms with van der Waals surface area (Å²) in [6, 6.07) is 15.8. The van der Waals surface area contributed by atoms with E-state index in [2.05, 4.69) is 10.6 Å². The van der Waals surface area contributed by atoms with Crippen LogP contribution in [0.25, 0.3) is 22.3 Å². The van der Waals surface area contributed by atoms with Gasteiger partial charge in [-0.2, -0.15) is 0 Å². The highest BCUT2D eigenvalue weighted by Gasteiger charge is 2.23. The molecule has 1 heterocycles. The van der Waals surface area contributed by atoms with Crippen molar-refractivity contribution in [1.29, 1.82) is 0 Å². The van der Waals surface area contributed by atoms with Crippen molar-refractivity contribution in [1.82, 2.24) is 5.32 Å². The number of furan rings is 1. The maximum atomic E-state index is 13.9. The fraction of sp³-hybridized carbons (Fsp3) is 0.160. The smallest absolute Gasteiger partial charge is 0.412 e. The van der Waals surface area contributed by atoms with E-state index >= 15 is 0 Å². The summed E-state index contributed by atoms with van der Waals surface area (Å²) in [5.41, 5.74) is 1.26. The zero-order valence-electron chi connectivity index (χ0n) is 19.6. The standard InChI is InChI=1S/C25H23FN2O7S/c1-27-25(29)35-24-17-12-22(32-2)19(28-14-36(3,30)31)13-21(17)34-23(24)15-8-10-16(11-9-15)33-20-7-5-4-6-18(20)26/h4-13,28H,14H2,1-3H3,(H,27,29). The van der Waals surface area contributed by atoms with E-state index in [4.69, 9.17) is 18.6 Å². The van der Waals surface area contributed by atoms with Crippen LogP contribution in [0.1, 0.15) is 0 Å². The third-order valence-electron chi connectivity index (χ3n) is 5.07. The number of amides is 1. The van der Waals surface area contributed by atoms with Gasteiger partial charge in [-0.3, -0.25) is 0 Å². The van der Waals surface area contributed by atoms with Crippen LogP contribution in [0.2, 0.25) is 0 Å². The minimum absolute atomic E-state index is 0.0823. The van der Waals surface area contributed by atoms with Crippen LogP contribution in [0.5, 0.6) is 23.0 Å². The van der Waals surface area contributed by atoms with E-state index in [1.54, 1.807) is 48.5 Å². The highest BCUT2D eigenvalue weighted by Crippen LogP contribution is 2.44. The van der Waals surface area contributed by atoms with E-state index in [0.29, 0.717) is 33.7 Å². The van der Waals surface area contributed by atoms with E-state index in [9.17, 15) is 17.6 Å². The van der Waals surface area contributed by atoms with E-state index in [-0.39, 0.29) is 23.1 Å². The first kappa shape index (κ1) is 24.9. The first-order valence-electron chi connectivity index (χ1n) is 10.7. The molecule has 3 aromatic carbocycles. The summed E-state index contributed by atoms with van der Waals surface area (Å²) in [4.78, 5) is 12.1. The number of nitrogens with one attached hydrogen (secondary N) is 2. The Balaban J connectivity index is 1.75. The molecule has 9 nitrogen and oxygen atoms in total. The molecule has 1 aromatic heterocycles. The van der Waals surface area contributed by atoms with Gasteiger partial charge in [0.15, 0.2) is 32.9 Å². The number of carbonyl (C=O) groups excluding carboxylic acids is 1. The van der Waals surface area contributed by atoms with Gasteiger partial charge in [0, 0.05) is 24.9 Å². The van der Waals surface area contributed by atoms with Crippen molar-refractivity contribution in [2.75, 3.05) is 31.6 Å². The number of carbonyl (C=O) groups is 1. The van der Waals surface area contributed by atoms with Gasteiger partial charge >= 0.3 is 6.09 Å². The topological polar surface area (TPSA) is 116 Å². The molecule has 188 valence electrons. The van der Waals surface area contributed by atoms with Crippen molar-refractivity contribution in [2.24, 2.45) is 0 Å². The highest BCUT2D eigenvalue weighted by molar-refractivity contribution is 7.90. The molecule has 0 saturated heterocycles. The second-order valence-electron chi connectivity index (χ2n) is 7.75. The molecule has 36 heavy (non-hydrogen) atoms. The number of methoxy groups -OCH3 is 1. The Labute approximate surface area is 206 Å². The molecule has 0 aliphatic carbocycles. The Bertz CT molecular complexity index is 1520. The normalized spacial score (nSPS) is 11.2. The number of rotatable bonds is 8. The summed E-state index contributed by atoms with van der Waals surface area (Å²) < 4.78 is 59.7. The quantitative estimate of drug-likeness (QED) is 0.331. The lowest BCUT2D eigenvalue weighted by molar-refractivity contribution is 0.203. The van der Waals surface area contributed by atoms with Gasteiger partial charge in [0.1, 0.15) is 23.0 Å². The van der Waals surface area contributed by atoms with Gasteiger partial charge in [-0.25, -0.2) is 17.6 Å². The van der Waals surface area contributed by atoms with Gasteiger partial charge in [-0.15, -0.1) is 0 Å². The molecular weight excluding hydrogens is 491 g/mol. The van der Waals surface area contributed by atoms with Crippen LogP contribution in [0, 0.1) is 5.82 Å². The molecule has 11 heteroatoms. The Hall–Kier alpha value is -4.25. The monoisotopic (exact) mass is 514 g/mol. The number of anilines is 1. The lowest BCUT2D eigenvalue weighted by Crippen LogP contribution is -2.22. The second-order valence-corrected chi connectivity index (χ2v) is 9.89. The van der Waals surface area contributed by atoms with Gasteiger partial charge in [0.25, 0.3) is 0 Å². The van der Waals surface area contributed by atoms with Gasteiger partial charge in [0.2, 0.25) is 0 Å². The van der Waals surface area contributed by atoms with Gasteiger partial charge in [-0.05, 0) is 42.5 Å². The molecule has 2 N–H and O–H groups in total. The van der Waals surface area contributed by atoms with Crippen LogP contribution in [0.4, 0.5) is 14.9 Å². The molecule has 0 fully saturated rings. The van der Waals surface area contributed by atoms with Crippen LogP contribution < -0.4 is 24.8 Å². The average molecular weight is 515 g/mol. The largest absolute Gasteiger partial charge is 0.495 e. The minimum Gasteiger partial charge on any atom is -0.495 e. The molecule has 4 aromatic rings. The number of sulfone groups is 1. The summed E-state index contributed by atoms with van der Waals surface area (Å²) in [6.07, 6.45) is 0.391. The number of hydrogen-bond donors (Lipinski definition) is 2. The highest BCUT2D eigenvalue weighted by atomic mass is 32.2. The number of hydrogen-bond acceptors (Lipinski definition) is 8. The predicted octanol–water partition coefficient (Wildman–Crippen LogP) is 5.17. The Morgan fingerprint density at radius 1 is 1.06 bits per heavy atom. The molecule has 1 amide bonds. The second kappa shape index (κ2) is 10.2. The number of ether oxygens (including phenoxy) is 3. The first-order chi connectivity index (χ1) is 17.2. The molecule has 0 radical (unpaired) electrons. The Morgan fingerprint density at radius 3 is 2.42 bits per heavy atom. The maximum Gasteiger partial charge on any atom is 0.412 e. The lowest BCUT2D eigenvalue weighted by Gasteiger charge is -2.10. The predicted molar refractivity (Wildman–Crippen MR) is 133 cm³/mol. The number of para-hydroxylation sites is 1. The summed E-state index contributed by atoms with van der Waals surface area (Å²) in [7, 11) is -0.450. The zero-order chi connectivity index (χ0) is 25.9. The molecule has 0 unspecified atom stereocenters. The maximum absolute atomic E-state index is 13.9. The van der Waals surface area contributed by atoms with Crippen molar-refractivity contribution in [3.8, 4) is 34.3 Å². The van der Waals surface area contributed by atoms with Crippen molar-refractivity contribution in [3.63, 3.8) is 0 Å². The molecule has 0 spiro atoms. The van der Waals surface area contributed by atoms with E-state index < -0.39 is 21.7 Å². The van der Waals surface area contributed by atoms with Gasteiger partial charge < -0.3 is 29.3 Å². The van der Waals surface area contributed by atoms with Crippen molar-refractivity contribution < 1.29 is 36.2 Å². The Kier molecular flexibility index (Phi) is 7.02. The molecular formula is C25H23FN2O7S. The van der Waals surface area contributed by atoms with E-state index in [0.717, 1.165) is 6.26 Å². The number of fused-ring (bicyclic) bond motifs is 1. The van der Waals surface area contributed by atoms with E-state index in [1.165, 1.54) is 26.3 Å². The first-order valence-corrected chi connectivity index (χ1v) is 12.7. The average Bonchev–Trinajstić information content (AvgIpc) is 3.20. The van der Waals surface area contributed by atoms with Crippen LogP contribution in [-0.2, 0) is 9.84 Å². The molecule has 0 bridgehead atoms. The van der Waals surface area contributed by atoms with E-state index in [1.807, 2.05) is 0 Å². The van der Waals surface area contributed by atoms with Crippen LogP contribution in [-0.4, -0.2) is 40.8 Å². The summed E-state index contributed by atoms with van der Waals surface area (Å²) in [6.45, 7) is 0. The molecule has 0 aliphatic rings. The van der Waals surface area contributed by atoms with Gasteiger partial charge in [0.05, 0.1) is 18.2 Å². The molecule has 4 rings (SSSR count). The van der Waals surface area contributed by atoms with Crippen molar-refractivity contribution >= 4 is 32.6 Å². The molecule has 0 aliphatic heterocycles. The summed E-state index contributed by atoms with van der Waals surface area (Å²) in [5, 5.41) is 5.64. The fourth-order valence-corrected chi connectivity index (χ4v) is 3.80. The summed E-state index contributed by atoms with van der Waals surface area (Å²) in [5.74, 6) is 0.381. The van der Waals surface area contributed by atoms with Gasteiger partial charge in [-0.1, -0.05) is 12.1 Å². The molecule has 0 atom stereocenters. The van der Waals surface area contributed by atoms with Crippen LogP contribution in [0.15, 0.2) is 65.1 Å². The number of benzene rings is 3. The fourth-order valence-electron chi connectivity index (χ4n) is 3.38. The summed E-state index contributed by atoms with van der Waals surface area (Å²) >= 11 is 0. The third kappa shape index (κ3) is 5.52. The van der Waals surface area contributed by atoms with Crippen molar-refractivity contribution in [2.45, 2.75) is 0 Å². The Morgan fingerprint density at radius 2 is 1.78 bits per heavy atom.